The third-order valence-electron chi connectivity index (χ3n) is 4.66. The summed E-state index contributed by atoms with van der Waals surface area (Å²) >= 11 is 0. The minimum atomic E-state index is -0.439. The summed E-state index contributed by atoms with van der Waals surface area (Å²) in [7, 11) is 0. The van der Waals surface area contributed by atoms with Gasteiger partial charge in [-0.25, -0.2) is 4.79 Å². The lowest BCUT2D eigenvalue weighted by molar-refractivity contribution is 0.288. The standard InChI is InChI=1S/C21H26O5/c1-4-5-6-7-8-9-10-24-20-18(22)13(2)11-15-17-16(26-19(15)20)12-14(3)25-21(17)23/h11-12,22H,4-10H2,1-3H3. The zero-order valence-electron chi connectivity index (χ0n) is 15.7. The van der Waals surface area contributed by atoms with Crippen LogP contribution in [0.3, 0.4) is 0 Å². The number of phenols is 1. The summed E-state index contributed by atoms with van der Waals surface area (Å²) in [5.74, 6) is 0.850. The fraction of sp³-hybridized carbons (Fsp3) is 0.476. The van der Waals surface area contributed by atoms with E-state index < -0.39 is 5.63 Å². The highest BCUT2D eigenvalue weighted by atomic mass is 16.5. The van der Waals surface area contributed by atoms with Gasteiger partial charge in [0.2, 0.25) is 5.75 Å². The van der Waals surface area contributed by atoms with Gasteiger partial charge in [0.05, 0.1) is 6.61 Å². The minimum absolute atomic E-state index is 0.0589. The summed E-state index contributed by atoms with van der Waals surface area (Å²) in [5.41, 5.74) is 1.04. The average Bonchev–Trinajstić information content (AvgIpc) is 2.95. The summed E-state index contributed by atoms with van der Waals surface area (Å²) in [6.07, 6.45) is 6.94. The van der Waals surface area contributed by atoms with Crippen LogP contribution in [-0.4, -0.2) is 11.7 Å². The molecule has 0 aliphatic rings. The topological polar surface area (TPSA) is 72.8 Å². The van der Waals surface area contributed by atoms with E-state index in [0.29, 0.717) is 45.6 Å². The molecule has 0 aliphatic heterocycles. The van der Waals surface area contributed by atoms with Gasteiger partial charge in [-0.3, -0.25) is 0 Å². The second-order valence-electron chi connectivity index (χ2n) is 6.85. The highest BCUT2D eigenvalue weighted by Gasteiger charge is 2.20. The second-order valence-corrected chi connectivity index (χ2v) is 6.85. The molecule has 2 aromatic heterocycles. The molecule has 1 aromatic carbocycles. The quantitative estimate of drug-likeness (QED) is 0.531. The first-order valence-corrected chi connectivity index (χ1v) is 9.35. The number of phenolic OH excluding ortho intramolecular Hbond substituents is 1. The Hall–Kier alpha value is -2.43. The van der Waals surface area contributed by atoms with E-state index in [1.807, 2.05) is 0 Å². The van der Waals surface area contributed by atoms with Crippen molar-refractivity contribution >= 4 is 21.9 Å². The third-order valence-corrected chi connectivity index (χ3v) is 4.66. The van der Waals surface area contributed by atoms with Crippen molar-refractivity contribution in [3.05, 3.63) is 33.9 Å². The molecular weight excluding hydrogens is 332 g/mol. The Morgan fingerprint density at radius 1 is 1.04 bits per heavy atom. The average molecular weight is 358 g/mol. The number of benzene rings is 1. The molecule has 5 heteroatoms. The molecule has 0 bridgehead atoms. The van der Waals surface area contributed by atoms with E-state index in [4.69, 9.17) is 13.6 Å². The highest BCUT2D eigenvalue weighted by molar-refractivity contribution is 6.07. The fourth-order valence-electron chi connectivity index (χ4n) is 3.25. The monoisotopic (exact) mass is 358 g/mol. The van der Waals surface area contributed by atoms with Crippen molar-refractivity contribution in [3.8, 4) is 11.5 Å². The van der Waals surface area contributed by atoms with E-state index in [1.54, 1.807) is 26.0 Å². The maximum absolute atomic E-state index is 12.2. The molecular formula is C21H26O5. The molecule has 0 radical (unpaired) electrons. The molecule has 5 nitrogen and oxygen atoms in total. The van der Waals surface area contributed by atoms with Crippen molar-refractivity contribution in [3.63, 3.8) is 0 Å². The predicted molar refractivity (Wildman–Crippen MR) is 102 cm³/mol. The molecule has 26 heavy (non-hydrogen) atoms. The third kappa shape index (κ3) is 3.57. The second kappa shape index (κ2) is 7.85. The van der Waals surface area contributed by atoms with Gasteiger partial charge in [0.15, 0.2) is 11.3 Å². The zero-order valence-corrected chi connectivity index (χ0v) is 15.7. The van der Waals surface area contributed by atoms with Crippen molar-refractivity contribution in [2.75, 3.05) is 6.61 Å². The lowest BCUT2D eigenvalue weighted by Crippen LogP contribution is -2.00. The smallest absolute Gasteiger partial charge is 0.347 e. The van der Waals surface area contributed by atoms with E-state index in [0.717, 1.165) is 12.8 Å². The Balaban J connectivity index is 1.88. The maximum atomic E-state index is 12.2. The normalized spacial score (nSPS) is 11.5. The number of unbranched alkanes of at least 4 members (excludes halogenated alkanes) is 5. The van der Waals surface area contributed by atoms with E-state index in [2.05, 4.69) is 6.92 Å². The van der Waals surface area contributed by atoms with E-state index in [1.165, 1.54) is 25.7 Å². The fourth-order valence-corrected chi connectivity index (χ4v) is 3.25. The SMILES string of the molecule is CCCCCCCCOc1c(O)c(C)cc2c1oc1cc(C)oc(=O)c12. The van der Waals surface area contributed by atoms with Gasteiger partial charge >= 0.3 is 5.63 Å². The molecule has 0 amide bonds. The summed E-state index contributed by atoms with van der Waals surface area (Å²) in [5, 5.41) is 11.4. The Labute approximate surface area is 152 Å². The Morgan fingerprint density at radius 2 is 1.77 bits per heavy atom. The maximum Gasteiger partial charge on any atom is 0.347 e. The van der Waals surface area contributed by atoms with Crippen molar-refractivity contribution in [2.24, 2.45) is 0 Å². The van der Waals surface area contributed by atoms with Crippen molar-refractivity contribution in [1.82, 2.24) is 0 Å². The molecule has 0 unspecified atom stereocenters. The molecule has 1 N–H and O–H groups in total. The van der Waals surface area contributed by atoms with Gasteiger partial charge in [-0.05, 0) is 31.9 Å². The Bertz CT molecular complexity index is 964. The number of hydrogen-bond acceptors (Lipinski definition) is 5. The van der Waals surface area contributed by atoms with Gasteiger partial charge in [-0.15, -0.1) is 0 Å². The van der Waals surface area contributed by atoms with Crippen LogP contribution >= 0.6 is 0 Å². The first-order chi connectivity index (χ1) is 12.5. The van der Waals surface area contributed by atoms with Gasteiger partial charge in [0.1, 0.15) is 16.7 Å². The van der Waals surface area contributed by atoms with E-state index >= 15 is 0 Å². The van der Waals surface area contributed by atoms with Crippen LogP contribution < -0.4 is 10.4 Å². The molecule has 140 valence electrons. The molecule has 0 saturated heterocycles. The van der Waals surface area contributed by atoms with Gasteiger partial charge in [0, 0.05) is 11.5 Å². The number of aromatic hydroxyl groups is 1. The lowest BCUT2D eigenvalue weighted by Gasteiger charge is -2.10. The zero-order chi connectivity index (χ0) is 18.7. The molecule has 0 aliphatic carbocycles. The van der Waals surface area contributed by atoms with Gasteiger partial charge in [-0.2, -0.15) is 0 Å². The number of hydrogen-bond donors (Lipinski definition) is 1. The first-order valence-electron chi connectivity index (χ1n) is 9.35. The Morgan fingerprint density at radius 3 is 2.54 bits per heavy atom. The first kappa shape index (κ1) is 18.4. The Kier molecular flexibility index (Phi) is 5.55. The highest BCUT2D eigenvalue weighted by Crippen LogP contribution is 2.41. The summed E-state index contributed by atoms with van der Waals surface area (Å²) in [6, 6.07) is 3.42. The van der Waals surface area contributed by atoms with Crippen LogP contribution in [0.1, 0.15) is 56.8 Å². The number of ether oxygens (including phenoxy) is 1. The van der Waals surface area contributed by atoms with Crippen molar-refractivity contribution in [2.45, 2.75) is 59.3 Å². The largest absolute Gasteiger partial charge is 0.504 e. The van der Waals surface area contributed by atoms with Gasteiger partial charge < -0.3 is 18.7 Å². The van der Waals surface area contributed by atoms with Crippen molar-refractivity contribution < 1.29 is 18.7 Å². The minimum Gasteiger partial charge on any atom is -0.504 e. The summed E-state index contributed by atoms with van der Waals surface area (Å²) in [4.78, 5) is 12.2. The number of furan rings is 1. The van der Waals surface area contributed by atoms with Crippen LogP contribution in [0.5, 0.6) is 11.5 Å². The number of rotatable bonds is 8. The summed E-state index contributed by atoms with van der Waals surface area (Å²) in [6.45, 7) is 6.18. The van der Waals surface area contributed by atoms with E-state index in [-0.39, 0.29) is 5.75 Å². The summed E-state index contributed by atoms with van der Waals surface area (Å²) < 4.78 is 16.9. The van der Waals surface area contributed by atoms with Crippen LogP contribution in [0, 0.1) is 13.8 Å². The molecule has 2 heterocycles. The number of aryl methyl sites for hydroxylation is 2. The van der Waals surface area contributed by atoms with E-state index in [9.17, 15) is 9.90 Å². The van der Waals surface area contributed by atoms with Gasteiger partial charge in [0.25, 0.3) is 0 Å². The molecule has 3 aromatic rings. The van der Waals surface area contributed by atoms with Crippen LogP contribution in [0.4, 0.5) is 0 Å². The number of fused-ring (bicyclic) bond motifs is 3. The molecule has 0 atom stereocenters. The van der Waals surface area contributed by atoms with Crippen LogP contribution in [0.2, 0.25) is 0 Å². The van der Waals surface area contributed by atoms with Crippen LogP contribution in [0.15, 0.2) is 25.8 Å². The van der Waals surface area contributed by atoms with Crippen molar-refractivity contribution in [1.29, 1.82) is 0 Å². The predicted octanol–water partition coefficient (Wildman–Crippen LogP) is 5.60. The molecule has 0 fully saturated rings. The molecule has 0 saturated carbocycles. The van der Waals surface area contributed by atoms with Crippen LogP contribution in [0.25, 0.3) is 21.9 Å². The molecule has 3 rings (SSSR count). The molecule has 0 spiro atoms. The van der Waals surface area contributed by atoms with Crippen LogP contribution in [-0.2, 0) is 0 Å². The lowest BCUT2D eigenvalue weighted by atomic mass is 10.1. The van der Waals surface area contributed by atoms with Gasteiger partial charge in [-0.1, -0.05) is 39.0 Å².